The van der Waals surface area contributed by atoms with E-state index >= 15 is 0 Å². The number of aromatic nitrogens is 2. The van der Waals surface area contributed by atoms with Crippen LogP contribution in [0.5, 0.6) is 0 Å². The van der Waals surface area contributed by atoms with Crippen molar-refractivity contribution in [1.82, 2.24) is 9.97 Å². The average molecular weight is 289 g/mol. The zero-order valence-corrected chi connectivity index (χ0v) is 13.3. The van der Waals surface area contributed by atoms with Crippen LogP contribution in [0.1, 0.15) is 56.5 Å². The van der Waals surface area contributed by atoms with Gasteiger partial charge in [0, 0.05) is 30.3 Å². The van der Waals surface area contributed by atoms with Crippen LogP contribution in [0.15, 0.2) is 6.07 Å². The van der Waals surface area contributed by atoms with Gasteiger partial charge in [0.1, 0.15) is 11.6 Å². The van der Waals surface area contributed by atoms with Crippen LogP contribution >= 0.6 is 0 Å². The minimum atomic E-state index is -0.131. The minimum absolute atomic E-state index is 0.131. The Kier molecular flexibility index (Phi) is 4.43. The van der Waals surface area contributed by atoms with Gasteiger partial charge in [-0.25, -0.2) is 9.97 Å². The Bertz CT molecular complexity index is 471. The Balaban J connectivity index is 1.86. The molecule has 1 N–H and O–H groups in total. The van der Waals surface area contributed by atoms with Gasteiger partial charge in [-0.1, -0.05) is 12.8 Å². The molecule has 0 spiro atoms. The average Bonchev–Trinajstić information content (AvgIpc) is 2.47. The molecule has 3 atom stereocenters. The summed E-state index contributed by atoms with van der Waals surface area (Å²) < 4.78 is 0. The molecular formula is C17H27N3O. The molecule has 0 bridgehead atoms. The van der Waals surface area contributed by atoms with Crippen molar-refractivity contribution in [1.29, 1.82) is 0 Å². The molecule has 1 aromatic rings. The first-order valence-corrected chi connectivity index (χ1v) is 8.42. The zero-order chi connectivity index (χ0) is 14.8. The van der Waals surface area contributed by atoms with E-state index in [0.29, 0.717) is 12.0 Å². The van der Waals surface area contributed by atoms with Gasteiger partial charge in [-0.05, 0) is 46.0 Å². The number of hydrogen-bond acceptors (Lipinski definition) is 4. The summed E-state index contributed by atoms with van der Waals surface area (Å²) in [5.74, 6) is 2.32. The predicted molar refractivity (Wildman–Crippen MR) is 84.5 cm³/mol. The second-order valence-corrected chi connectivity index (χ2v) is 6.69. The molecule has 2 fully saturated rings. The van der Waals surface area contributed by atoms with Crippen molar-refractivity contribution < 1.29 is 5.11 Å². The third-order valence-electron chi connectivity index (χ3n) is 5.07. The van der Waals surface area contributed by atoms with E-state index in [4.69, 9.17) is 0 Å². The number of aliphatic hydroxyl groups excluding tert-OH is 1. The fourth-order valence-corrected chi connectivity index (χ4v) is 4.12. The Morgan fingerprint density at radius 3 is 2.57 bits per heavy atom. The molecule has 1 saturated carbocycles. The van der Waals surface area contributed by atoms with E-state index in [1.165, 1.54) is 32.1 Å². The highest BCUT2D eigenvalue weighted by Gasteiger charge is 2.36. The van der Waals surface area contributed by atoms with Crippen molar-refractivity contribution in [2.45, 2.75) is 70.9 Å². The van der Waals surface area contributed by atoms with Crippen molar-refractivity contribution >= 4 is 5.82 Å². The lowest BCUT2D eigenvalue weighted by molar-refractivity contribution is 0.0492. The summed E-state index contributed by atoms with van der Waals surface area (Å²) in [5.41, 5.74) is 1.03. The standard InChI is InChI=1S/C17H27N3O/c1-12-11-17(19-13(2)18-12)20-10-6-5-8-15(20)14-7-3-4-9-16(14)21/h11,14-16,21H,3-10H2,1-2H3. The number of anilines is 1. The molecule has 2 aliphatic rings. The van der Waals surface area contributed by atoms with E-state index in [2.05, 4.69) is 20.9 Å². The van der Waals surface area contributed by atoms with E-state index in [1.807, 2.05) is 13.8 Å². The van der Waals surface area contributed by atoms with E-state index in [9.17, 15) is 5.11 Å². The number of nitrogens with zero attached hydrogens (tertiary/aromatic N) is 3. The summed E-state index contributed by atoms with van der Waals surface area (Å²) in [6.07, 6.45) is 8.11. The number of piperidine rings is 1. The van der Waals surface area contributed by atoms with Crippen LogP contribution in [0.2, 0.25) is 0 Å². The van der Waals surface area contributed by atoms with Gasteiger partial charge >= 0.3 is 0 Å². The van der Waals surface area contributed by atoms with Gasteiger partial charge < -0.3 is 10.0 Å². The second-order valence-electron chi connectivity index (χ2n) is 6.69. The molecule has 1 aromatic heterocycles. The summed E-state index contributed by atoms with van der Waals surface area (Å²) in [6.45, 7) is 5.06. The molecular weight excluding hydrogens is 262 g/mol. The third kappa shape index (κ3) is 3.20. The molecule has 2 heterocycles. The Labute approximate surface area is 127 Å². The molecule has 21 heavy (non-hydrogen) atoms. The minimum Gasteiger partial charge on any atom is -0.393 e. The second kappa shape index (κ2) is 6.30. The lowest BCUT2D eigenvalue weighted by Crippen LogP contribution is -2.49. The van der Waals surface area contributed by atoms with Crippen molar-refractivity contribution in [3.05, 3.63) is 17.6 Å². The van der Waals surface area contributed by atoms with Crippen LogP contribution in [0.3, 0.4) is 0 Å². The molecule has 0 aromatic carbocycles. The van der Waals surface area contributed by atoms with Crippen molar-refractivity contribution in [2.24, 2.45) is 5.92 Å². The normalized spacial score (nSPS) is 30.4. The number of rotatable bonds is 2. The molecule has 116 valence electrons. The van der Waals surface area contributed by atoms with Gasteiger partial charge in [-0.15, -0.1) is 0 Å². The molecule has 4 nitrogen and oxygen atoms in total. The lowest BCUT2D eigenvalue weighted by Gasteiger charge is -2.44. The van der Waals surface area contributed by atoms with Crippen LogP contribution in [0.25, 0.3) is 0 Å². The molecule has 4 heteroatoms. The Morgan fingerprint density at radius 2 is 1.81 bits per heavy atom. The third-order valence-corrected chi connectivity index (χ3v) is 5.07. The molecule has 0 radical (unpaired) electrons. The van der Waals surface area contributed by atoms with Gasteiger partial charge in [0.05, 0.1) is 6.10 Å². The highest BCUT2D eigenvalue weighted by molar-refractivity contribution is 5.42. The number of aliphatic hydroxyl groups is 1. The fraction of sp³-hybridized carbons (Fsp3) is 0.765. The maximum absolute atomic E-state index is 10.4. The Hall–Kier alpha value is -1.16. The highest BCUT2D eigenvalue weighted by atomic mass is 16.3. The first kappa shape index (κ1) is 14.8. The topological polar surface area (TPSA) is 49.2 Å². The van der Waals surface area contributed by atoms with E-state index in [-0.39, 0.29) is 6.10 Å². The van der Waals surface area contributed by atoms with Crippen molar-refractivity contribution in [2.75, 3.05) is 11.4 Å². The van der Waals surface area contributed by atoms with Gasteiger partial charge in [-0.3, -0.25) is 0 Å². The molecule has 1 aliphatic heterocycles. The Morgan fingerprint density at radius 1 is 1.05 bits per heavy atom. The van der Waals surface area contributed by atoms with Crippen LogP contribution in [0, 0.1) is 19.8 Å². The summed E-state index contributed by atoms with van der Waals surface area (Å²) in [7, 11) is 0. The summed E-state index contributed by atoms with van der Waals surface area (Å²) in [6, 6.07) is 2.54. The molecule has 1 aliphatic carbocycles. The maximum Gasteiger partial charge on any atom is 0.132 e. The quantitative estimate of drug-likeness (QED) is 0.909. The van der Waals surface area contributed by atoms with E-state index in [1.54, 1.807) is 0 Å². The molecule has 0 amide bonds. The summed E-state index contributed by atoms with van der Waals surface area (Å²) in [4.78, 5) is 11.5. The SMILES string of the molecule is Cc1cc(N2CCCCC2C2CCCCC2O)nc(C)n1. The maximum atomic E-state index is 10.4. The van der Waals surface area contributed by atoms with Gasteiger partial charge in [0.2, 0.25) is 0 Å². The van der Waals surface area contributed by atoms with Gasteiger partial charge in [0.25, 0.3) is 0 Å². The van der Waals surface area contributed by atoms with Gasteiger partial charge in [0.15, 0.2) is 0 Å². The first-order chi connectivity index (χ1) is 10.1. The van der Waals surface area contributed by atoms with Crippen LogP contribution in [0.4, 0.5) is 5.82 Å². The highest BCUT2D eigenvalue weighted by Crippen LogP contribution is 2.35. The molecule has 3 unspecified atom stereocenters. The number of hydrogen-bond donors (Lipinski definition) is 1. The molecule has 3 rings (SSSR count). The largest absolute Gasteiger partial charge is 0.393 e. The number of aryl methyl sites for hydroxylation is 2. The van der Waals surface area contributed by atoms with Crippen molar-refractivity contribution in [3.63, 3.8) is 0 Å². The smallest absolute Gasteiger partial charge is 0.132 e. The van der Waals surface area contributed by atoms with Crippen LogP contribution in [-0.2, 0) is 0 Å². The van der Waals surface area contributed by atoms with Crippen LogP contribution < -0.4 is 4.90 Å². The summed E-state index contributed by atoms with van der Waals surface area (Å²) >= 11 is 0. The van der Waals surface area contributed by atoms with E-state index in [0.717, 1.165) is 36.7 Å². The van der Waals surface area contributed by atoms with Crippen molar-refractivity contribution in [3.8, 4) is 0 Å². The molecule has 1 saturated heterocycles. The van der Waals surface area contributed by atoms with Gasteiger partial charge in [-0.2, -0.15) is 0 Å². The summed E-state index contributed by atoms with van der Waals surface area (Å²) in [5, 5.41) is 10.4. The fourth-order valence-electron chi connectivity index (χ4n) is 4.12. The first-order valence-electron chi connectivity index (χ1n) is 8.42. The monoisotopic (exact) mass is 289 g/mol. The van der Waals surface area contributed by atoms with Crippen LogP contribution in [-0.4, -0.2) is 33.8 Å². The lowest BCUT2D eigenvalue weighted by atomic mass is 9.78. The predicted octanol–water partition coefficient (Wildman–Crippen LogP) is 3.00. The zero-order valence-electron chi connectivity index (χ0n) is 13.3. The van der Waals surface area contributed by atoms with E-state index < -0.39 is 0 Å².